The Morgan fingerprint density at radius 2 is 2.19 bits per heavy atom. The monoisotopic (exact) mass is 367 g/mol. The van der Waals surface area contributed by atoms with Gasteiger partial charge in [0, 0.05) is 50.3 Å². The average molecular weight is 367 g/mol. The minimum absolute atomic E-state index is 0.0401. The van der Waals surface area contributed by atoms with Crippen LogP contribution in [0, 0.1) is 6.92 Å². The topological polar surface area (TPSA) is 79.3 Å². The number of amides is 2. The second kappa shape index (κ2) is 7.52. The summed E-state index contributed by atoms with van der Waals surface area (Å²) >= 11 is 0. The number of fused-ring (bicyclic) bond motifs is 1. The number of hydrogen-bond donors (Lipinski definition) is 2. The zero-order valence-corrected chi connectivity index (χ0v) is 15.6. The van der Waals surface area contributed by atoms with Crippen LogP contribution in [0.15, 0.2) is 24.3 Å². The Labute approximate surface area is 158 Å². The Hall–Kier alpha value is -2.67. The van der Waals surface area contributed by atoms with E-state index >= 15 is 0 Å². The normalized spacial score (nSPS) is 16.5. The third kappa shape index (κ3) is 3.88. The summed E-state index contributed by atoms with van der Waals surface area (Å²) in [6, 6.07) is 7.81. The molecule has 3 heterocycles. The molecule has 142 valence electrons. The van der Waals surface area contributed by atoms with Crippen molar-refractivity contribution in [3.8, 4) is 0 Å². The largest absolute Gasteiger partial charge is 0.326 e. The van der Waals surface area contributed by atoms with Gasteiger partial charge in [0.1, 0.15) is 0 Å². The van der Waals surface area contributed by atoms with Crippen molar-refractivity contribution in [3.05, 3.63) is 41.2 Å². The van der Waals surface area contributed by atoms with Gasteiger partial charge in [-0.2, -0.15) is 5.10 Å². The van der Waals surface area contributed by atoms with Gasteiger partial charge in [-0.1, -0.05) is 6.07 Å². The average Bonchev–Trinajstić information content (AvgIpc) is 3.27. The van der Waals surface area contributed by atoms with E-state index in [1.54, 1.807) is 0 Å². The van der Waals surface area contributed by atoms with E-state index in [1.807, 2.05) is 34.7 Å². The highest BCUT2D eigenvalue weighted by atomic mass is 16.2. The van der Waals surface area contributed by atoms with Crippen molar-refractivity contribution < 1.29 is 9.59 Å². The number of hydrogen-bond acceptors (Lipinski definition) is 4. The van der Waals surface area contributed by atoms with Gasteiger partial charge in [-0.05, 0) is 37.1 Å². The first-order valence-corrected chi connectivity index (χ1v) is 9.57. The van der Waals surface area contributed by atoms with Crippen molar-refractivity contribution in [3.63, 3.8) is 0 Å². The summed E-state index contributed by atoms with van der Waals surface area (Å²) in [6.45, 7) is 5.38. The summed E-state index contributed by atoms with van der Waals surface area (Å²) in [5, 5.41) is 10.8. The zero-order valence-electron chi connectivity index (χ0n) is 15.6. The first-order valence-electron chi connectivity index (χ1n) is 9.57. The molecule has 2 amide bonds. The molecule has 0 spiro atoms. The molecule has 0 aliphatic carbocycles. The van der Waals surface area contributed by atoms with E-state index in [0.717, 1.165) is 55.2 Å². The van der Waals surface area contributed by atoms with Gasteiger partial charge in [0.2, 0.25) is 11.8 Å². The number of benzene rings is 1. The van der Waals surface area contributed by atoms with Gasteiger partial charge in [0.05, 0.1) is 17.9 Å². The third-order valence-corrected chi connectivity index (χ3v) is 5.19. The fourth-order valence-corrected chi connectivity index (χ4v) is 3.72. The summed E-state index contributed by atoms with van der Waals surface area (Å²) in [4.78, 5) is 26.2. The first-order chi connectivity index (χ1) is 13.1. The Balaban J connectivity index is 1.38. The van der Waals surface area contributed by atoms with E-state index in [2.05, 4.69) is 21.8 Å². The first kappa shape index (κ1) is 17.7. The van der Waals surface area contributed by atoms with E-state index in [0.29, 0.717) is 19.3 Å². The smallest absolute Gasteiger partial charge is 0.227 e. The molecule has 27 heavy (non-hydrogen) atoms. The van der Waals surface area contributed by atoms with Crippen LogP contribution in [0.1, 0.15) is 36.2 Å². The van der Waals surface area contributed by atoms with Gasteiger partial charge in [0.25, 0.3) is 0 Å². The van der Waals surface area contributed by atoms with E-state index in [4.69, 9.17) is 0 Å². The second-order valence-corrected chi connectivity index (χ2v) is 7.23. The number of aromatic nitrogens is 2. The molecule has 2 aliphatic heterocycles. The van der Waals surface area contributed by atoms with Gasteiger partial charge >= 0.3 is 0 Å². The van der Waals surface area contributed by atoms with Crippen LogP contribution >= 0.6 is 0 Å². The van der Waals surface area contributed by atoms with Crippen LogP contribution in [0.4, 0.5) is 11.4 Å². The minimum Gasteiger partial charge on any atom is -0.326 e. The van der Waals surface area contributed by atoms with Crippen molar-refractivity contribution >= 4 is 23.2 Å². The summed E-state index contributed by atoms with van der Waals surface area (Å²) < 4.78 is 2.02. The van der Waals surface area contributed by atoms with Crippen molar-refractivity contribution in [1.29, 1.82) is 0 Å². The second-order valence-electron chi connectivity index (χ2n) is 7.23. The number of carbonyl (C=O) groups is 2. The maximum absolute atomic E-state index is 12.4. The van der Waals surface area contributed by atoms with Crippen LogP contribution in [-0.4, -0.2) is 34.7 Å². The quantitative estimate of drug-likeness (QED) is 0.847. The number of aryl methyl sites for hydroxylation is 2. The molecule has 7 heteroatoms. The van der Waals surface area contributed by atoms with E-state index in [9.17, 15) is 9.59 Å². The fraction of sp³-hybridized carbons (Fsp3) is 0.450. The maximum atomic E-state index is 12.4. The van der Waals surface area contributed by atoms with Crippen LogP contribution < -0.4 is 15.5 Å². The maximum Gasteiger partial charge on any atom is 0.227 e. The molecule has 1 aromatic carbocycles. The summed E-state index contributed by atoms with van der Waals surface area (Å²) in [6.07, 6.45) is 2.49. The predicted octanol–water partition coefficient (Wildman–Crippen LogP) is 1.99. The molecule has 0 bridgehead atoms. The standard InChI is InChI=1S/C20H25N5O2/c1-14-4-5-15(12-18(14)24-9-2-3-20(24)27)22-19(26)7-6-16-11-17-13-21-8-10-25(17)23-16/h4-5,11-12,21H,2-3,6-10,13H2,1H3,(H,22,26). The lowest BCUT2D eigenvalue weighted by molar-refractivity contribution is -0.117. The van der Waals surface area contributed by atoms with Crippen molar-refractivity contribution in [2.45, 2.75) is 45.7 Å². The van der Waals surface area contributed by atoms with Crippen molar-refractivity contribution in [2.75, 3.05) is 23.3 Å². The number of rotatable bonds is 5. The zero-order chi connectivity index (χ0) is 18.8. The molecule has 0 saturated carbocycles. The Morgan fingerprint density at radius 1 is 1.30 bits per heavy atom. The van der Waals surface area contributed by atoms with Crippen LogP contribution in [0.25, 0.3) is 0 Å². The molecule has 4 rings (SSSR count). The highest BCUT2D eigenvalue weighted by molar-refractivity contribution is 5.97. The number of nitrogens with zero attached hydrogens (tertiary/aromatic N) is 3. The van der Waals surface area contributed by atoms with E-state index in [-0.39, 0.29) is 11.8 Å². The molecule has 2 aromatic rings. The Bertz CT molecular complexity index is 850. The highest BCUT2D eigenvalue weighted by Gasteiger charge is 2.23. The van der Waals surface area contributed by atoms with Gasteiger partial charge in [0.15, 0.2) is 0 Å². The molecule has 1 fully saturated rings. The van der Waals surface area contributed by atoms with Crippen LogP contribution in [-0.2, 0) is 29.1 Å². The number of anilines is 2. The number of carbonyl (C=O) groups excluding carboxylic acids is 2. The van der Waals surface area contributed by atoms with Gasteiger partial charge < -0.3 is 15.5 Å². The summed E-state index contributed by atoms with van der Waals surface area (Å²) in [7, 11) is 0. The molecular weight excluding hydrogens is 342 g/mol. The SMILES string of the molecule is Cc1ccc(NC(=O)CCc2cc3n(n2)CCNC3)cc1N1CCCC1=O. The molecule has 1 aromatic heterocycles. The van der Waals surface area contributed by atoms with Crippen LogP contribution in [0.5, 0.6) is 0 Å². The van der Waals surface area contributed by atoms with Crippen LogP contribution in [0.3, 0.4) is 0 Å². The number of nitrogens with one attached hydrogen (secondary N) is 2. The lowest BCUT2D eigenvalue weighted by Gasteiger charge is -2.19. The van der Waals surface area contributed by atoms with Gasteiger partial charge in [-0.15, -0.1) is 0 Å². The molecule has 2 N–H and O–H groups in total. The highest BCUT2D eigenvalue weighted by Crippen LogP contribution is 2.28. The van der Waals surface area contributed by atoms with Crippen molar-refractivity contribution in [2.24, 2.45) is 0 Å². The van der Waals surface area contributed by atoms with Crippen molar-refractivity contribution in [1.82, 2.24) is 15.1 Å². The molecule has 2 aliphatic rings. The fourth-order valence-electron chi connectivity index (χ4n) is 3.72. The molecule has 7 nitrogen and oxygen atoms in total. The summed E-state index contributed by atoms with van der Waals surface area (Å²) in [5.41, 5.74) is 4.80. The predicted molar refractivity (Wildman–Crippen MR) is 104 cm³/mol. The molecule has 0 unspecified atom stereocenters. The molecule has 0 atom stereocenters. The molecule has 0 radical (unpaired) electrons. The van der Waals surface area contributed by atoms with Crippen LogP contribution in [0.2, 0.25) is 0 Å². The summed E-state index contributed by atoms with van der Waals surface area (Å²) in [5.74, 6) is 0.112. The van der Waals surface area contributed by atoms with Gasteiger partial charge in [-0.3, -0.25) is 14.3 Å². The lowest BCUT2D eigenvalue weighted by atomic mass is 10.1. The van der Waals surface area contributed by atoms with E-state index in [1.165, 1.54) is 5.69 Å². The minimum atomic E-state index is -0.0401. The Morgan fingerprint density at radius 3 is 2.96 bits per heavy atom. The Kier molecular flexibility index (Phi) is 4.94. The molecule has 1 saturated heterocycles. The van der Waals surface area contributed by atoms with E-state index < -0.39 is 0 Å². The van der Waals surface area contributed by atoms with Gasteiger partial charge in [-0.25, -0.2) is 0 Å². The lowest BCUT2D eigenvalue weighted by Crippen LogP contribution is -2.28. The third-order valence-electron chi connectivity index (χ3n) is 5.19. The molecular formula is C20H25N5O2.